The van der Waals surface area contributed by atoms with Crippen LogP contribution in [0.3, 0.4) is 0 Å². The molecule has 0 atom stereocenters. The number of amides is 2. The van der Waals surface area contributed by atoms with Crippen molar-refractivity contribution in [3.05, 3.63) is 47.1 Å². The molecule has 2 amide bonds. The van der Waals surface area contributed by atoms with E-state index in [0.29, 0.717) is 76.9 Å². The van der Waals surface area contributed by atoms with Crippen molar-refractivity contribution in [1.29, 1.82) is 0 Å². The van der Waals surface area contributed by atoms with E-state index >= 15 is 8.78 Å². The molecule has 3 heterocycles. The van der Waals surface area contributed by atoms with Crippen molar-refractivity contribution in [3.63, 3.8) is 0 Å². The van der Waals surface area contributed by atoms with Crippen LogP contribution in [0.2, 0.25) is 5.15 Å². The maximum absolute atomic E-state index is 16.7. The van der Waals surface area contributed by atoms with Crippen LogP contribution in [0.25, 0.3) is 0 Å². The minimum atomic E-state index is -3.81. The summed E-state index contributed by atoms with van der Waals surface area (Å²) in [7, 11) is -3.81. The van der Waals surface area contributed by atoms with Crippen LogP contribution < -0.4 is 21.3 Å². The Morgan fingerprint density at radius 2 is 1.52 bits per heavy atom. The highest BCUT2D eigenvalue weighted by Crippen LogP contribution is 2.65. The normalized spacial score (nSPS) is 24.6. The van der Waals surface area contributed by atoms with Gasteiger partial charge in [0.1, 0.15) is 11.0 Å². The third kappa shape index (κ3) is 6.85. The summed E-state index contributed by atoms with van der Waals surface area (Å²) in [5.41, 5.74) is 9.99. The fourth-order valence-corrected chi connectivity index (χ4v) is 9.98. The molecule has 1 aromatic carbocycles. The molecule has 50 heavy (non-hydrogen) atoms. The van der Waals surface area contributed by atoms with Gasteiger partial charge in [-0.25, -0.2) is 22.2 Å². The van der Waals surface area contributed by atoms with E-state index in [1.807, 2.05) is 4.90 Å². The lowest BCUT2D eigenvalue weighted by atomic mass is 9.50. The van der Waals surface area contributed by atoms with Gasteiger partial charge >= 0.3 is 0 Å². The van der Waals surface area contributed by atoms with Crippen LogP contribution in [0.5, 0.6) is 0 Å². The van der Waals surface area contributed by atoms with E-state index in [1.165, 1.54) is 28.6 Å². The number of nitrogens with two attached hydrogens (primary N) is 2. The maximum atomic E-state index is 16.7. The molecule has 0 spiro atoms. The zero-order valence-corrected chi connectivity index (χ0v) is 30.0. The highest BCUT2D eigenvalue weighted by Gasteiger charge is 2.63. The lowest BCUT2D eigenvalue weighted by molar-refractivity contribution is -0.197. The topological polar surface area (TPSA) is 146 Å². The SMILES string of the molecule is NCCCN(CCCN)C(=O)C12CCC(C(F)(F)c3cc(Cl)nc(N4CCN(S(=O)(=O)c5ccc(N6CCCC6=O)cc5)CC4)c3)(CC1)CC2. The van der Waals surface area contributed by atoms with Crippen LogP contribution in [0.4, 0.5) is 20.3 Å². The van der Waals surface area contributed by atoms with Gasteiger partial charge in [0.05, 0.1) is 4.90 Å². The van der Waals surface area contributed by atoms with Crippen molar-refractivity contribution >= 4 is 44.9 Å². The Hall–Kier alpha value is -2.91. The number of rotatable bonds is 13. The minimum Gasteiger partial charge on any atom is -0.354 e. The van der Waals surface area contributed by atoms with Crippen molar-refractivity contribution < 1.29 is 26.8 Å². The predicted molar refractivity (Wildman–Crippen MR) is 189 cm³/mol. The highest BCUT2D eigenvalue weighted by molar-refractivity contribution is 7.89. The first kappa shape index (κ1) is 36.9. The molecule has 3 aliphatic carbocycles. The summed E-state index contributed by atoms with van der Waals surface area (Å²) in [5, 5.41) is -0.0493. The average molecular weight is 736 g/mol. The molecule has 11 nitrogen and oxygen atoms in total. The van der Waals surface area contributed by atoms with Gasteiger partial charge in [0.15, 0.2) is 0 Å². The van der Waals surface area contributed by atoms with Gasteiger partial charge in [-0.2, -0.15) is 4.31 Å². The third-order valence-electron chi connectivity index (χ3n) is 11.5. The minimum absolute atomic E-state index is 0.0263. The summed E-state index contributed by atoms with van der Waals surface area (Å²) in [4.78, 5) is 35.7. The van der Waals surface area contributed by atoms with Gasteiger partial charge in [-0.3, -0.25) is 9.59 Å². The molecule has 1 aromatic heterocycles. The molecule has 0 unspecified atom stereocenters. The lowest BCUT2D eigenvalue weighted by Gasteiger charge is -2.56. The van der Waals surface area contributed by atoms with Gasteiger partial charge in [-0.05, 0) is 107 Å². The van der Waals surface area contributed by atoms with E-state index in [0.717, 1.165) is 6.42 Å². The van der Waals surface area contributed by atoms with E-state index in [4.69, 9.17) is 23.1 Å². The van der Waals surface area contributed by atoms with Crippen molar-refractivity contribution in [1.82, 2.24) is 14.2 Å². The van der Waals surface area contributed by atoms with Gasteiger partial charge in [0.2, 0.25) is 21.8 Å². The Morgan fingerprint density at radius 1 is 0.920 bits per heavy atom. The largest absolute Gasteiger partial charge is 0.354 e. The van der Waals surface area contributed by atoms with E-state index < -0.39 is 26.8 Å². The Balaban J connectivity index is 1.12. The first-order valence-corrected chi connectivity index (χ1v) is 19.6. The lowest BCUT2D eigenvalue weighted by Crippen LogP contribution is -2.56. The number of hydrogen-bond donors (Lipinski definition) is 2. The Labute approximate surface area is 298 Å². The number of pyridine rings is 1. The van der Waals surface area contributed by atoms with Gasteiger partial charge < -0.3 is 26.2 Å². The number of carbonyl (C=O) groups is 2. The number of aromatic nitrogens is 1. The Bertz CT molecular complexity index is 1640. The molecule has 274 valence electrons. The molecule has 5 fully saturated rings. The standard InChI is InChI=1S/C35H48ClF2N7O4S/c36-29-24-26(35(37,38)34-12-9-33(10-13-34,11-14-34)32(47)43(17-2-15-39)18-3-16-40)25-30(41-29)42-20-22-44(23-21-42)50(48,49)28-7-5-27(6-8-28)45-19-1-4-31(45)46/h5-8,24-25H,1-4,9-23,39-40H2. The fourth-order valence-electron chi connectivity index (χ4n) is 8.35. The summed E-state index contributed by atoms with van der Waals surface area (Å²) in [6.45, 7) is 3.43. The number of piperazine rings is 1. The number of halogens is 3. The van der Waals surface area contributed by atoms with Gasteiger partial charge in [-0.1, -0.05) is 11.6 Å². The third-order valence-corrected chi connectivity index (χ3v) is 13.6. The summed E-state index contributed by atoms with van der Waals surface area (Å²) >= 11 is 6.37. The fraction of sp³-hybridized carbons (Fsp3) is 0.629. The van der Waals surface area contributed by atoms with Gasteiger partial charge in [0, 0.05) is 74.3 Å². The number of alkyl halides is 2. The van der Waals surface area contributed by atoms with Crippen molar-refractivity contribution in [2.75, 3.05) is 68.7 Å². The molecule has 2 aromatic rings. The Morgan fingerprint density at radius 3 is 2.06 bits per heavy atom. The quantitative estimate of drug-likeness (QED) is 0.289. The molecule has 15 heteroatoms. The second-order valence-electron chi connectivity index (χ2n) is 14.3. The molecule has 7 rings (SSSR count). The predicted octanol–water partition coefficient (Wildman–Crippen LogP) is 4.33. The molecule has 2 bridgehead atoms. The number of fused-ring (bicyclic) bond motifs is 3. The molecule has 2 saturated heterocycles. The van der Waals surface area contributed by atoms with E-state index in [1.54, 1.807) is 21.9 Å². The zero-order chi connectivity index (χ0) is 35.7. The first-order valence-electron chi connectivity index (χ1n) is 17.8. The molecule has 2 aliphatic heterocycles. The van der Waals surface area contributed by atoms with Gasteiger partial charge in [-0.15, -0.1) is 0 Å². The Kier molecular flexibility index (Phi) is 10.8. The number of nitrogens with zero attached hydrogens (tertiary/aromatic N) is 5. The summed E-state index contributed by atoms with van der Waals surface area (Å²) < 4.78 is 61.7. The first-order chi connectivity index (χ1) is 23.9. The van der Waals surface area contributed by atoms with Crippen molar-refractivity contribution in [2.45, 2.75) is 75.0 Å². The monoisotopic (exact) mass is 735 g/mol. The summed E-state index contributed by atoms with van der Waals surface area (Å²) in [5.74, 6) is -2.85. The van der Waals surface area contributed by atoms with E-state index in [9.17, 15) is 18.0 Å². The average Bonchev–Trinajstić information content (AvgIpc) is 3.57. The number of benzene rings is 1. The van der Waals surface area contributed by atoms with Crippen LogP contribution in [0.1, 0.15) is 69.8 Å². The second kappa shape index (κ2) is 14.6. The van der Waals surface area contributed by atoms with Crippen molar-refractivity contribution in [3.8, 4) is 0 Å². The number of carbonyl (C=O) groups excluding carboxylic acids is 2. The maximum Gasteiger partial charge on any atom is 0.278 e. The van der Waals surface area contributed by atoms with Crippen LogP contribution in [0.15, 0.2) is 41.3 Å². The van der Waals surface area contributed by atoms with Gasteiger partial charge in [0.25, 0.3) is 5.92 Å². The number of sulfonamides is 1. The number of hydrogen-bond acceptors (Lipinski definition) is 8. The van der Waals surface area contributed by atoms with E-state index in [2.05, 4.69) is 4.98 Å². The second-order valence-corrected chi connectivity index (χ2v) is 16.6. The van der Waals surface area contributed by atoms with E-state index in [-0.39, 0.29) is 78.7 Å². The smallest absolute Gasteiger partial charge is 0.278 e. The van der Waals surface area contributed by atoms with Crippen molar-refractivity contribution in [2.24, 2.45) is 22.3 Å². The van der Waals surface area contributed by atoms with Crippen LogP contribution in [0, 0.1) is 10.8 Å². The highest BCUT2D eigenvalue weighted by atomic mass is 35.5. The molecular formula is C35H48ClF2N7O4S. The molecule has 4 N–H and O–H groups in total. The van der Waals surface area contributed by atoms with Crippen LogP contribution in [-0.2, 0) is 25.5 Å². The number of anilines is 2. The zero-order valence-electron chi connectivity index (χ0n) is 28.5. The molecular weight excluding hydrogens is 688 g/mol. The van der Waals surface area contributed by atoms with Crippen LogP contribution >= 0.6 is 11.6 Å². The molecule has 0 radical (unpaired) electrons. The molecule has 3 saturated carbocycles. The van der Waals surface area contributed by atoms with Crippen LogP contribution in [-0.4, -0.2) is 93.3 Å². The molecule has 5 aliphatic rings. The summed E-state index contributed by atoms with van der Waals surface area (Å²) in [6, 6.07) is 8.98. The summed E-state index contributed by atoms with van der Waals surface area (Å²) in [6.07, 6.45) is 4.54.